The van der Waals surface area contributed by atoms with Crippen molar-refractivity contribution in [3.8, 4) is 0 Å². The molecule has 30 heavy (non-hydrogen) atoms. The maximum absolute atomic E-state index is 12.7. The standard InChI is InChI=1S/C20H17F6N3O/c1-12-10-16-15(27-18(12)28-17(30)6-8-19(21,22)23)7-9-29(16)11-13-2-4-14(5-3-13)20(24,25)26/h2-5,7,9-10H,6,8,11H2,1H3,(H,27,28,30). The molecule has 0 atom stereocenters. The molecular formula is C20H17F6N3O. The van der Waals surface area contributed by atoms with Crippen molar-refractivity contribution in [3.63, 3.8) is 0 Å². The molecule has 4 nitrogen and oxygen atoms in total. The van der Waals surface area contributed by atoms with Gasteiger partial charge in [-0.25, -0.2) is 4.98 Å². The molecule has 2 aromatic heterocycles. The highest BCUT2D eigenvalue weighted by Crippen LogP contribution is 2.29. The van der Waals surface area contributed by atoms with Gasteiger partial charge in [0.2, 0.25) is 5.91 Å². The molecule has 0 aliphatic rings. The number of fused-ring (bicyclic) bond motifs is 1. The van der Waals surface area contributed by atoms with E-state index >= 15 is 0 Å². The van der Waals surface area contributed by atoms with Gasteiger partial charge in [0.05, 0.1) is 23.0 Å². The number of benzene rings is 1. The Balaban J connectivity index is 1.76. The summed E-state index contributed by atoms with van der Waals surface area (Å²) in [6.45, 7) is 1.96. The van der Waals surface area contributed by atoms with E-state index in [9.17, 15) is 31.1 Å². The van der Waals surface area contributed by atoms with Crippen molar-refractivity contribution in [3.05, 3.63) is 59.3 Å². The van der Waals surface area contributed by atoms with E-state index in [4.69, 9.17) is 0 Å². The van der Waals surface area contributed by atoms with Crippen LogP contribution in [0.1, 0.15) is 29.5 Å². The molecule has 0 spiro atoms. The molecule has 0 fully saturated rings. The van der Waals surface area contributed by atoms with Crippen LogP contribution in [0.25, 0.3) is 11.0 Å². The molecule has 10 heteroatoms. The minimum absolute atomic E-state index is 0.168. The number of nitrogens with one attached hydrogen (secondary N) is 1. The number of halogens is 6. The van der Waals surface area contributed by atoms with E-state index in [2.05, 4.69) is 10.3 Å². The first-order chi connectivity index (χ1) is 13.9. The first-order valence-electron chi connectivity index (χ1n) is 8.91. The zero-order valence-corrected chi connectivity index (χ0v) is 15.7. The van der Waals surface area contributed by atoms with Gasteiger partial charge in [0, 0.05) is 19.2 Å². The van der Waals surface area contributed by atoms with Gasteiger partial charge in [0.15, 0.2) is 0 Å². The van der Waals surface area contributed by atoms with Crippen molar-refractivity contribution < 1.29 is 31.1 Å². The lowest BCUT2D eigenvalue weighted by Crippen LogP contribution is -2.17. The molecule has 2 heterocycles. The largest absolute Gasteiger partial charge is 0.416 e. The van der Waals surface area contributed by atoms with Gasteiger partial charge in [-0.3, -0.25) is 4.79 Å². The maximum Gasteiger partial charge on any atom is 0.416 e. The van der Waals surface area contributed by atoms with E-state index in [0.29, 0.717) is 28.7 Å². The highest BCUT2D eigenvalue weighted by Gasteiger charge is 2.30. The number of aryl methyl sites for hydroxylation is 1. The molecule has 160 valence electrons. The van der Waals surface area contributed by atoms with E-state index in [1.165, 1.54) is 12.1 Å². The third kappa shape index (κ3) is 5.31. The number of hydrogen-bond acceptors (Lipinski definition) is 2. The second-order valence-corrected chi connectivity index (χ2v) is 6.86. The van der Waals surface area contributed by atoms with Crippen molar-refractivity contribution in [2.45, 2.75) is 38.7 Å². The summed E-state index contributed by atoms with van der Waals surface area (Å²) in [5.74, 6) is -0.617. The van der Waals surface area contributed by atoms with Crippen LogP contribution in [0.2, 0.25) is 0 Å². The molecule has 3 aromatic rings. The topological polar surface area (TPSA) is 46.9 Å². The number of pyridine rings is 1. The third-order valence-electron chi connectivity index (χ3n) is 4.47. The lowest BCUT2D eigenvalue weighted by Gasteiger charge is -2.11. The smallest absolute Gasteiger partial charge is 0.342 e. The SMILES string of the molecule is Cc1cc2c(ccn2Cc2ccc(C(F)(F)F)cc2)nc1NC(=O)CCC(F)(F)F. The van der Waals surface area contributed by atoms with E-state index in [-0.39, 0.29) is 5.82 Å². The molecule has 0 aliphatic carbocycles. The van der Waals surface area contributed by atoms with E-state index in [1.54, 1.807) is 29.8 Å². The van der Waals surface area contributed by atoms with Gasteiger partial charge in [0.1, 0.15) is 5.82 Å². The number of alkyl halides is 6. The average molecular weight is 429 g/mol. The third-order valence-corrected chi connectivity index (χ3v) is 4.47. The van der Waals surface area contributed by atoms with Crippen molar-refractivity contribution in [1.82, 2.24) is 9.55 Å². The number of anilines is 1. The Hall–Kier alpha value is -3.04. The van der Waals surface area contributed by atoms with Crippen LogP contribution in [0.3, 0.4) is 0 Å². The van der Waals surface area contributed by atoms with Crippen LogP contribution in [0.4, 0.5) is 32.2 Å². The van der Waals surface area contributed by atoms with Gasteiger partial charge < -0.3 is 9.88 Å². The zero-order valence-electron chi connectivity index (χ0n) is 15.7. The van der Waals surface area contributed by atoms with Crippen LogP contribution in [0.5, 0.6) is 0 Å². The minimum Gasteiger partial charge on any atom is -0.342 e. The Morgan fingerprint density at radius 3 is 2.33 bits per heavy atom. The molecule has 1 amide bonds. The monoisotopic (exact) mass is 429 g/mol. The molecule has 0 bridgehead atoms. The molecule has 0 unspecified atom stereocenters. The van der Waals surface area contributed by atoms with Crippen LogP contribution in [0.15, 0.2) is 42.6 Å². The van der Waals surface area contributed by atoms with Gasteiger partial charge in [-0.1, -0.05) is 12.1 Å². The molecular weight excluding hydrogens is 412 g/mol. The molecule has 0 radical (unpaired) electrons. The van der Waals surface area contributed by atoms with Crippen molar-refractivity contribution in [1.29, 1.82) is 0 Å². The van der Waals surface area contributed by atoms with Gasteiger partial charge >= 0.3 is 12.4 Å². The quantitative estimate of drug-likeness (QED) is 0.530. The Morgan fingerprint density at radius 1 is 1.07 bits per heavy atom. The van der Waals surface area contributed by atoms with Gasteiger partial charge in [0.25, 0.3) is 0 Å². The van der Waals surface area contributed by atoms with E-state index < -0.39 is 36.7 Å². The highest BCUT2D eigenvalue weighted by molar-refractivity contribution is 5.92. The Labute approximate surface area is 167 Å². The normalized spacial score (nSPS) is 12.4. The molecule has 0 saturated heterocycles. The van der Waals surface area contributed by atoms with Crippen LogP contribution in [-0.4, -0.2) is 21.6 Å². The van der Waals surface area contributed by atoms with Gasteiger partial charge in [-0.2, -0.15) is 26.3 Å². The van der Waals surface area contributed by atoms with Crippen molar-refractivity contribution in [2.75, 3.05) is 5.32 Å². The predicted octanol–water partition coefficient (Wildman–Crippen LogP) is 5.69. The zero-order chi connectivity index (χ0) is 22.1. The number of hydrogen-bond donors (Lipinski definition) is 1. The Morgan fingerprint density at radius 2 is 1.73 bits per heavy atom. The van der Waals surface area contributed by atoms with Crippen LogP contribution in [-0.2, 0) is 17.5 Å². The highest BCUT2D eigenvalue weighted by atomic mass is 19.4. The Kier molecular flexibility index (Phi) is 5.78. The molecule has 1 aromatic carbocycles. The predicted molar refractivity (Wildman–Crippen MR) is 98.9 cm³/mol. The second-order valence-electron chi connectivity index (χ2n) is 6.86. The van der Waals surface area contributed by atoms with E-state index in [0.717, 1.165) is 12.1 Å². The summed E-state index contributed by atoms with van der Waals surface area (Å²) >= 11 is 0. The Bertz CT molecular complexity index is 1050. The molecule has 3 rings (SSSR count). The number of aromatic nitrogens is 2. The first kappa shape index (κ1) is 21.7. The lowest BCUT2D eigenvalue weighted by molar-refractivity contribution is -0.142. The summed E-state index contributed by atoms with van der Waals surface area (Å²) in [6, 6.07) is 8.18. The average Bonchev–Trinajstić information content (AvgIpc) is 3.01. The summed E-state index contributed by atoms with van der Waals surface area (Å²) in [6.07, 6.45) is -9.04. The van der Waals surface area contributed by atoms with Crippen LogP contribution < -0.4 is 5.32 Å². The molecule has 0 aliphatic heterocycles. The number of amides is 1. The van der Waals surface area contributed by atoms with E-state index in [1.807, 2.05) is 0 Å². The summed E-state index contributed by atoms with van der Waals surface area (Å²) in [5.41, 5.74) is 1.66. The molecule has 1 N–H and O–H groups in total. The fourth-order valence-corrected chi connectivity index (χ4v) is 2.92. The number of rotatable bonds is 5. The number of nitrogens with zero attached hydrogens (tertiary/aromatic N) is 2. The van der Waals surface area contributed by atoms with Crippen LogP contribution >= 0.6 is 0 Å². The number of carbonyl (C=O) groups excluding carboxylic acids is 1. The molecule has 0 saturated carbocycles. The van der Waals surface area contributed by atoms with Crippen LogP contribution in [0, 0.1) is 6.92 Å². The van der Waals surface area contributed by atoms with Gasteiger partial charge in [-0.15, -0.1) is 0 Å². The summed E-state index contributed by atoms with van der Waals surface area (Å²) in [7, 11) is 0. The first-order valence-corrected chi connectivity index (χ1v) is 8.91. The lowest BCUT2D eigenvalue weighted by atomic mass is 10.1. The fraction of sp³-hybridized carbons (Fsp3) is 0.300. The second kappa shape index (κ2) is 8.00. The maximum atomic E-state index is 12.7. The fourth-order valence-electron chi connectivity index (χ4n) is 2.92. The van der Waals surface area contributed by atoms with Gasteiger partial charge in [-0.05, 0) is 42.3 Å². The summed E-state index contributed by atoms with van der Waals surface area (Å²) in [5, 5.41) is 2.39. The summed E-state index contributed by atoms with van der Waals surface area (Å²) < 4.78 is 76.6. The summed E-state index contributed by atoms with van der Waals surface area (Å²) in [4.78, 5) is 16.0. The minimum atomic E-state index is -4.42. The van der Waals surface area contributed by atoms with Crippen molar-refractivity contribution in [2.24, 2.45) is 0 Å². The van der Waals surface area contributed by atoms with Crippen molar-refractivity contribution >= 4 is 22.8 Å². The number of carbonyl (C=O) groups is 1.